The lowest BCUT2D eigenvalue weighted by Crippen LogP contribution is -1.94. The van der Waals surface area contributed by atoms with Crippen LogP contribution in [0.4, 0.5) is 10.2 Å². The molecule has 4 nitrogen and oxygen atoms in total. The zero-order valence-corrected chi connectivity index (χ0v) is 6.45. The van der Waals surface area contributed by atoms with Gasteiger partial charge in [-0.05, 0) is 0 Å². The molecule has 0 saturated carbocycles. The van der Waals surface area contributed by atoms with Crippen LogP contribution in [-0.2, 0) is 7.05 Å². The van der Waals surface area contributed by atoms with Crippen molar-refractivity contribution >= 4 is 16.9 Å². The van der Waals surface area contributed by atoms with Gasteiger partial charge in [0.05, 0.1) is 5.39 Å². The summed E-state index contributed by atoms with van der Waals surface area (Å²) in [4.78, 5) is 7.59. The number of hydrogen-bond donors (Lipinski definition) is 1. The second-order valence-corrected chi connectivity index (χ2v) is 2.55. The Kier molecular flexibility index (Phi) is 1.27. The highest BCUT2D eigenvalue weighted by Crippen LogP contribution is 2.20. The lowest BCUT2D eigenvalue weighted by atomic mass is 10.4. The molecule has 0 aliphatic carbocycles. The summed E-state index contributed by atoms with van der Waals surface area (Å²) in [6.07, 6.45) is 2.65. The maximum absolute atomic E-state index is 13.1. The summed E-state index contributed by atoms with van der Waals surface area (Å²) < 4.78 is 14.7. The summed E-state index contributed by atoms with van der Waals surface area (Å²) in [5.74, 6) is -0.205. The minimum atomic E-state index is -0.384. The first-order valence-electron chi connectivity index (χ1n) is 3.41. The standard InChI is InChI=1S/C7H7FN4/c1-12-2-4(8)5-6(9)10-3-11-7(5)12/h2-3H,1H3,(H2,9,10,11). The van der Waals surface area contributed by atoms with Crippen LogP contribution in [0.5, 0.6) is 0 Å². The Bertz CT molecular complexity index is 434. The van der Waals surface area contributed by atoms with Crippen LogP contribution in [0.15, 0.2) is 12.5 Å². The molecule has 0 aliphatic heterocycles. The van der Waals surface area contributed by atoms with Crippen LogP contribution < -0.4 is 5.73 Å². The number of rotatable bonds is 0. The topological polar surface area (TPSA) is 56.7 Å². The summed E-state index contributed by atoms with van der Waals surface area (Å²) >= 11 is 0. The van der Waals surface area contributed by atoms with E-state index in [1.54, 1.807) is 11.6 Å². The van der Waals surface area contributed by atoms with Crippen molar-refractivity contribution in [2.45, 2.75) is 0 Å². The van der Waals surface area contributed by atoms with E-state index in [-0.39, 0.29) is 11.6 Å². The van der Waals surface area contributed by atoms with Crippen LogP contribution in [0.3, 0.4) is 0 Å². The monoisotopic (exact) mass is 166 g/mol. The number of aromatic nitrogens is 3. The molecule has 0 aliphatic rings. The van der Waals surface area contributed by atoms with Crippen molar-refractivity contribution < 1.29 is 4.39 Å². The minimum absolute atomic E-state index is 0.179. The first kappa shape index (κ1) is 7.02. The van der Waals surface area contributed by atoms with Gasteiger partial charge in [-0.15, -0.1) is 0 Å². The van der Waals surface area contributed by atoms with Crippen LogP contribution in [0.1, 0.15) is 0 Å². The highest BCUT2D eigenvalue weighted by molar-refractivity contribution is 5.86. The summed E-state index contributed by atoms with van der Waals surface area (Å²) in [5.41, 5.74) is 5.98. The number of aryl methyl sites for hydroxylation is 1. The van der Waals surface area contributed by atoms with Gasteiger partial charge >= 0.3 is 0 Å². The van der Waals surface area contributed by atoms with Gasteiger partial charge in [-0.3, -0.25) is 0 Å². The summed E-state index contributed by atoms with van der Waals surface area (Å²) in [5, 5.41) is 0.292. The van der Waals surface area contributed by atoms with Gasteiger partial charge in [0.25, 0.3) is 0 Å². The second kappa shape index (κ2) is 2.17. The fourth-order valence-corrected chi connectivity index (χ4v) is 1.18. The zero-order chi connectivity index (χ0) is 8.72. The molecule has 62 valence electrons. The van der Waals surface area contributed by atoms with Crippen LogP contribution >= 0.6 is 0 Å². The lowest BCUT2D eigenvalue weighted by molar-refractivity contribution is 0.633. The highest BCUT2D eigenvalue weighted by Gasteiger charge is 2.10. The van der Waals surface area contributed by atoms with Gasteiger partial charge in [0.2, 0.25) is 0 Å². The van der Waals surface area contributed by atoms with Gasteiger partial charge in [-0.1, -0.05) is 0 Å². The predicted molar refractivity (Wildman–Crippen MR) is 42.9 cm³/mol. The Morgan fingerprint density at radius 2 is 2.25 bits per heavy atom. The Balaban J connectivity index is 2.99. The molecule has 2 aromatic heterocycles. The van der Waals surface area contributed by atoms with Crippen LogP contribution in [0, 0.1) is 5.82 Å². The molecule has 0 fully saturated rings. The predicted octanol–water partition coefficient (Wildman–Crippen LogP) is 0.690. The van der Waals surface area contributed by atoms with Crippen LogP contribution in [0.25, 0.3) is 11.0 Å². The number of fused-ring (bicyclic) bond motifs is 1. The molecule has 2 heterocycles. The molecule has 12 heavy (non-hydrogen) atoms. The van der Waals surface area contributed by atoms with Crippen molar-refractivity contribution in [2.24, 2.45) is 7.05 Å². The fraction of sp³-hybridized carbons (Fsp3) is 0.143. The smallest absolute Gasteiger partial charge is 0.154 e. The Morgan fingerprint density at radius 3 is 2.92 bits per heavy atom. The third-order valence-corrected chi connectivity index (χ3v) is 1.74. The quantitative estimate of drug-likeness (QED) is 0.626. The zero-order valence-electron chi connectivity index (χ0n) is 6.45. The van der Waals surface area contributed by atoms with Gasteiger partial charge in [-0.2, -0.15) is 0 Å². The Hall–Kier alpha value is -1.65. The second-order valence-electron chi connectivity index (χ2n) is 2.55. The molecule has 0 spiro atoms. The van der Waals surface area contributed by atoms with E-state index in [1.165, 1.54) is 12.5 Å². The molecule has 2 rings (SSSR count). The number of hydrogen-bond acceptors (Lipinski definition) is 3. The summed E-state index contributed by atoms with van der Waals surface area (Å²) in [7, 11) is 1.71. The molecule has 2 N–H and O–H groups in total. The molecule has 0 radical (unpaired) electrons. The maximum atomic E-state index is 13.1. The van der Waals surface area contributed by atoms with Gasteiger partial charge in [0.1, 0.15) is 17.8 Å². The molecule has 0 unspecified atom stereocenters. The lowest BCUT2D eigenvalue weighted by Gasteiger charge is -1.94. The molecule has 0 atom stereocenters. The first-order chi connectivity index (χ1) is 5.70. The SMILES string of the molecule is Cn1cc(F)c2c(N)ncnc21. The van der Waals surface area contributed by atoms with E-state index in [0.29, 0.717) is 11.0 Å². The molecular weight excluding hydrogens is 159 g/mol. The summed E-state index contributed by atoms with van der Waals surface area (Å²) in [6.45, 7) is 0. The van der Waals surface area contributed by atoms with Gasteiger partial charge in [-0.25, -0.2) is 14.4 Å². The van der Waals surface area contributed by atoms with Crippen molar-refractivity contribution in [3.63, 3.8) is 0 Å². The van der Waals surface area contributed by atoms with E-state index < -0.39 is 0 Å². The largest absolute Gasteiger partial charge is 0.383 e. The molecule has 0 saturated heterocycles. The first-order valence-corrected chi connectivity index (χ1v) is 3.41. The number of halogens is 1. The molecule has 5 heteroatoms. The number of nitrogen functional groups attached to an aromatic ring is 1. The highest BCUT2D eigenvalue weighted by atomic mass is 19.1. The normalized spacial score (nSPS) is 10.8. The third-order valence-electron chi connectivity index (χ3n) is 1.74. The molecular formula is C7H7FN4. The van der Waals surface area contributed by atoms with E-state index in [9.17, 15) is 4.39 Å². The van der Waals surface area contributed by atoms with E-state index in [0.717, 1.165) is 0 Å². The molecule has 0 aromatic carbocycles. The van der Waals surface area contributed by atoms with Crippen LogP contribution in [0.2, 0.25) is 0 Å². The molecule has 0 amide bonds. The van der Waals surface area contributed by atoms with E-state index in [4.69, 9.17) is 5.73 Å². The third kappa shape index (κ3) is 0.761. The Morgan fingerprint density at radius 1 is 1.50 bits per heavy atom. The van der Waals surface area contributed by atoms with Crippen molar-refractivity contribution in [1.82, 2.24) is 14.5 Å². The van der Waals surface area contributed by atoms with Gasteiger partial charge in [0, 0.05) is 13.2 Å². The minimum Gasteiger partial charge on any atom is -0.383 e. The van der Waals surface area contributed by atoms with E-state index in [1.807, 2.05) is 0 Å². The maximum Gasteiger partial charge on any atom is 0.154 e. The van der Waals surface area contributed by atoms with Gasteiger partial charge < -0.3 is 10.3 Å². The van der Waals surface area contributed by atoms with E-state index in [2.05, 4.69) is 9.97 Å². The molecule has 2 aromatic rings. The number of anilines is 1. The fourth-order valence-electron chi connectivity index (χ4n) is 1.18. The van der Waals surface area contributed by atoms with E-state index >= 15 is 0 Å². The van der Waals surface area contributed by atoms with Gasteiger partial charge in [0.15, 0.2) is 5.82 Å². The summed E-state index contributed by atoms with van der Waals surface area (Å²) in [6, 6.07) is 0. The number of nitrogens with two attached hydrogens (primary N) is 1. The van der Waals surface area contributed by atoms with Crippen molar-refractivity contribution in [2.75, 3.05) is 5.73 Å². The average molecular weight is 166 g/mol. The number of nitrogens with zero attached hydrogens (tertiary/aromatic N) is 3. The van der Waals surface area contributed by atoms with Crippen LogP contribution in [-0.4, -0.2) is 14.5 Å². The average Bonchev–Trinajstić information content (AvgIpc) is 2.29. The van der Waals surface area contributed by atoms with Crippen molar-refractivity contribution in [1.29, 1.82) is 0 Å². The molecule has 0 bridgehead atoms. The van der Waals surface area contributed by atoms with Crippen molar-refractivity contribution in [3.8, 4) is 0 Å². The Labute approximate surface area is 67.8 Å². The van der Waals surface area contributed by atoms with Crippen molar-refractivity contribution in [3.05, 3.63) is 18.3 Å².